The van der Waals surface area contributed by atoms with Gasteiger partial charge in [0.2, 0.25) is 5.82 Å². The van der Waals surface area contributed by atoms with Gasteiger partial charge >= 0.3 is 5.97 Å². The Hall–Kier alpha value is -2.57. The predicted octanol–water partition coefficient (Wildman–Crippen LogP) is 8.99. The highest BCUT2D eigenvalue weighted by atomic mass is 19.2. The van der Waals surface area contributed by atoms with Gasteiger partial charge in [0.15, 0.2) is 23.2 Å². The smallest absolute Gasteiger partial charge is 0.341 e. The lowest BCUT2D eigenvalue weighted by molar-refractivity contribution is 0.0188. The number of carbonyl (C=O) groups excluding carboxylic acids is 1. The molecule has 0 aliphatic heterocycles. The summed E-state index contributed by atoms with van der Waals surface area (Å²) in [6.45, 7) is 4.56. The van der Waals surface area contributed by atoms with Gasteiger partial charge in [-0.1, -0.05) is 51.7 Å². The summed E-state index contributed by atoms with van der Waals surface area (Å²) < 4.78 is 70.0. The summed E-state index contributed by atoms with van der Waals surface area (Å²) in [5, 5.41) is 0. The van der Waals surface area contributed by atoms with E-state index in [1.165, 1.54) is 18.2 Å². The highest BCUT2D eigenvalue weighted by Crippen LogP contribution is 2.39. The van der Waals surface area contributed by atoms with Crippen molar-refractivity contribution in [3.05, 3.63) is 64.2 Å². The van der Waals surface area contributed by atoms with Crippen LogP contribution in [0.15, 0.2) is 24.3 Å². The Balaban J connectivity index is 1.33. The summed E-state index contributed by atoms with van der Waals surface area (Å²) in [6, 6.07) is 5.88. The zero-order valence-corrected chi connectivity index (χ0v) is 22.3. The fourth-order valence-corrected chi connectivity index (χ4v) is 5.82. The molecule has 0 saturated heterocycles. The largest absolute Gasteiger partial charge is 0.490 e. The molecular weight excluding hydrogens is 496 g/mol. The van der Waals surface area contributed by atoms with Crippen molar-refractivity contribution >= 4 is 5.97 Å². The summed E-state index contributed by atoms with van der Waals surface area (Å²) in [4.78, 5) is 12.7. The van der Waals surface area contributed by atoms with Crippen molar-refractivity contribution < 1.29 is 31.8 Å². The van der Waals surface area contributed by atoms with E-state index in [2.05, 4.69) is 13.8 Å². The van der Waals surface area contributed by atoms with E-state index in [1.54, 1.807) is 6.07 Å². The van der Waals surface area contributed by atoms with Crippen LogP contribution in [-0.4, -0.2) is 18.7 Å². The van der Waals surface area contributed by atoms with Gasteiger partial charge in [0, 0.05) is 0 Å². The maximum absolute atomic E-state index is 14.9. The molecule has 0 heterocycles. The van der Waals surface area contributed by atoms with Crippen molar-refractivity contribution in [3.63, 3.8) is 0 Å². The first kappa shape index (κ1) is 28.4. The Morgan fingerprint density at radius 1 is 0.763 bits per heavy atom. The van der Waals surface area contributed by atoms with Crippen LogP contribution in [0.4, 0.5) is 17.6 Å². The monoisotopic (exact) mass is 534 g/mol. The van der Waals surface area contributed by atoms with Gasteiger partial charge in [-0.15, -0.1) is 0 Å². The minimum absolute atomic E-state index is 0.0343. The van der Waals surface area contributed by atoms with Crippen LogP contribution in [0.5, 0.6) is 5.75 Å². The van der Waals surface area contributed by atoms with E-state index in [0.717, 1.165) is 44.9 Å². The highest BCUT2D eigenvalue weighted by molar-refractivity contribution is 5.90. The van der Waals surface area contributed by atoms with Gasteiger partial charge in [0.05, 0.1) is 12.2 Å². The van der Waals surface area contributed by atoms with E-state index >= 15 is 0 Å². The van der Waals surface area contributed by atoms with Crippen molar-refractivity contribution in [1.29, 1.82) is 0 Å². The lowest BCUT2D eigenvalue weighted by Gasteiger charge is -2.29. The summed E-state index contributed by atoms with van der Waals surface area (Å²) in [7, 11) is 0. The first-order chi connectivity index (χ1) is 18.3. The highest BCUT2D eigenvalue weighted by Gasteiger charge is 2.31. The Kier molecular flexibility index (Phi) is 9.72. The maximum Gasteiger partial charge on any atom is 0.341 e. The van der Waals surface area contributed by atoms with E-state index in [4.69, 9.17) is 9.47 Å². The number of benzene rings is 2. The molecule has 0 atom stereocenters. The average Bonchev–Trinajstić information content (AvgIpc) is 2.91. The predicted molar refractivity (Wildman–Crippen MR) is 139 cm³/mol. The molecule has 2 aromatic rings. The van der Waals surface area contributed by atoms with Crippen LogP contribution in [0.1, 0.15) is 118 Å². The first-order valence-corrected chi connectivity index (χ1v) is 14.1. The average molecular weight is 535 g/mol. The van der Waals surface area contributed by atoms with Crippen LogP contribution in [-0.2, 0) is 4.74 Å². The van der Waals surface area contributed by atoms with Gasteiger partial charge < -0.3 is 9.47 Å². The van der Waals surface area contributed by atoms with Gasteiger partial charge in [-0.2, -0.15) is 4.39 Å². The van der Waals surface area contributed by atoms with Crippen molar-refractivity contribution in [2.75, 3.05) is 6.61 Å². The second kappa shape index (κ2) is 13.0. The minimum Gasteiger partial charge on any atom is -0.490 e. The second-order valence-electron chi connectivity index (χ2n) is 11.0. The zero-order chi connectivity index (χ0) is 27.2. The fraction of sp³-hybridized carbons (Fsp3) is 0.581. The fourth-order valence-electron chi connectivity index (χ4n) is 5.82. The molecule has 2 aromatic carbocycles. The lowest BCUT2D eigenvalue weighted by Crippen LogP contribution is -2.25. The van der Waals surface area contributed by atoms with E-state index in [0.29, 0.717) is 43.8 Å². The maximum atomic E-state index is 14.9. The molecular formula is C31H38F4O3. The number of rotatable bonds is 9. The molecule has 0 amide bonds. The van der Waals surface area contributed by atoms with E-state index < -0.39 is 40.9 Å². The Labute approximate surface area is 222 Å². The molecule has 38 heavy (non-hydrogen) atoms. The number of hydrogen-bond donors (Lipinski definition) is 0. The normalized spacial score (nSPS) is 23.7. The molecule has 2 aliphatic carbocycles. The number of ether oxygens (including phenoxy) is 2. The third kappa shape index (κ3) is 6.52. The quantitative estimate of drug-likeness (QED) is 0.183. The summed E-state index contributed by atoms with van der Waals surface area (Å²) in [6.07, 6.45) is 7.66. The molecule has 0 radical (unpaired) electrons. The Bertz CT molecular complexity index is 1100. The molecule has 0 bridgehead atoms. The third-order valence-electron chi connectivity index (χ3n) is 8.26. The van der Waals surface area contributed by atoms with Crippen LogP contribution in [0.2, 0.25) is 0 Å². The third-order valence-corrected chi connectivity index (χ3v) is 8.26. The molecule has 2 saturated carbocycles. The summed E-state index contributed by atoms with van der Waals surface area (Å²) >= 11 is 0. The van der Waals surface area contributed by atoms with E-state index in [9.17, 15) is 22.4 Å². The molecule has 0 N–H and O–H groups in total. The zero-order valence-electron chi connectivity index (χ0n) is 22.3. The number of hydrogen-bond acceptors (Lipinski definition) is 3. The van der Waals surface area contributed by atoms with Crippen molar-refractivity contribution in [1.82, 2.24) is 0 Å². The van der Waals surface area contributed by atoms with Gasteiger partial charge in [-0.3, -0.25) is 0 Å². The first-order valence-electron chi connectivity index (χ1n) is 14.1. The van der Waals surface area contributed by atoms with Gasteiger partial charge in [-0.25, -0.2) is 18.0 Å². The molecule has 0 spiro atoms. The Morgan fingerprint density at radius 3 is 1.97 bits per heavy atom. The number of carbonyl (C=O) groups is 1. The number of halogens is 4. The molecule has 208 valence electrons. The molecule has 3 nitrogen and oxygen atoms in total. The molecule has 4 rings (SSSR count). The van der Waals surface area contributed by atoms with Crippen LogP contribution in [0.25, 0.3) is 0 Å². The lowest BCUT2D eigenvalue weighted by atomic mass is 9.79. The van der Waals surface area contributed by atoms with Gasteiger partial charge in [0.1, 0.15) is 6.10 Å². The van der Waals surface area contributed by atoms with Crippen molar-refractivity contribution in [3.8, 4) is 5.75 Å². The van der Waals surface area contributed by atoms with E-state index in [1.807, 2.05) is 0 Å². The molecule has 0 aromatic heterocycles. The Morgan fingerprint density at radius 2 is 1.34 bits per heavy atom. The van der Waals surface area contributed by atoms with Gasteiger partial charge in [0.25, 0.3) is 0 Å². The SMILES string of the molecule is CCCCCOc1ccc(C2CCC(OC(=O)c3ccc(C4CCC(C)CC4)c(F)c3F)CC2)c(F)c1F. The van der Waals surface area contributed by atoms with E-state index in [-0.39, 0.29) is 23.1 Å². The summed E-state index contributed by atoms with van der Waals surface area (Å²) in [5.41, 5.74) is 0.215. The topological polar surface area (TPSA) is 35.5 Å². The van der Waals surface area contributed by atoms with Crippen LogP contribution in [0, 0.1) is 29.2 Å². The standard InChI is InChI=1S/C31H38F4O3/c1-3-4-5-18-37-26-17-16-24(28(33)30(26)35)21-10-12-22(13-11-21)38-31(36)25-15-14-23(27(32)29(25)34)20-8-6-19(2)7-9-20/h14-17,19-22H,3-13,18H2,1-2H3. The summed E-state index contributed by atoms with van der Waals surface area (Å²) in [5.74, 6) is -4.63. The molecule has 0 unspecified atom stereocenters. The van der Waals surface area contributed by atoms with Crippen LogP contribution in [0.3, 0.4) is 0 Å². The van der Waals surface area contributed by atoms with Crippen molar-refractivity contribution in [2.24, 2.45) is 5.92 Å². The van der Waals surface area contributed by atoms with Crippen LogP contribution < -0.4 is 4.74 Å². The molecule has 2 fully saturated rings. The molecule has 2 aliphatic rings. The van der Waals surface area contributed by atoms with Gasteiger partial charge in [-0.05, 0) is 86.0 Å². The minimum atomic E-state index is -1.16. The second-order valence-corrected chi connectivity index (χ2v) is 11.0. The number of esters is 1. The molecule has 7 heteroatoms. The number of unbranched alkanes of at least 4 members (excludes halogenated alkanes) is 2. The van der Waals surface area contributed by atoms with Crippen LogP contribution >= 0.6 is 0 Å². The van der Waals surface area contributed by atoms with Crippen molar-refractivity contribution in [2.45, 2.75) is 102 Å².